The number of fused-ring (bicyclic) bond motifs is 2. The quantitative estimate of drug-likeness (QED) is 0.524. The fourth-order valence-corrected chi connectivity index (χ4v) is 7.79. The van der Waals surface area contributed by atoms with Gasteiger partial charge in [-0.15, -0.1) is 22.7 Å². The summed E-state index contributed by atoms with van der Waals surface area (Å²) in [4.78, 5) is 30.7. The molecule has 2 aliphatic heterocycles. The van der Waals surface area contributed by atoms with Crippen LogP contribution in [0, 0.1) is 0 Å². The van der Waals surface area contributed by atoms with Gasteiger partial charge in [0.15, 0.2) is 0 Å². The second-order valence-electron chi connectivity index (χ2n) is 8.85. The number of nitrogens with zero attached hydrogens (tertiary/aromatic N) is 1. The number of carbonyl (C=O) groups is 2. The molecule has 7 nitrogen and oxygen atoms in total. The number of ether oxygens (including phenoxy) is 1. The first-order chi connectivity index (χ1) is 16.2. The smallest absolute Gasteiger partial charge is 0.341 e. The number of hydrogen-bond acceptors (Lipinski definition) is 7. The van der Waals surface area contributed by atoms with Crippen LogP contribution in [-0.2, 0) is 37.1 Å². The van der Waals surface area contributed by atoms with E-state index in [1.165, 1.54) is 50.1 Å². The fourth-order valence-electron chi connectivity index (χ4n) is 5.13. The number of carbonyl (C=O) groups excluding carboxylic acids is 2. The molecular formula is C24H32N4O3S2. The molecule has 0 radical (unpaired) electrons. The lowest BCUT2D eigenvalue weighted by atomic mass is 9.95. The molecule has 5 rings (SSSR count). The van der Waals surface area contributed by atoms with Crippen molar-refractivity contribution in [3.8, 4) is 0 Å². The molecule has 33 heavy (non-hydrogen) atoms. The minimum Gasteiger partial charge on any atom is -0.462 e. The molecule has 4 heterocycles. The molecule has 0 saturated carbocycles. The van der Waals surface area contributed by atoms with E-state index in [1.807, 2.05) is 18.3 Å². The first-order valence-corrected chi connectivity index (χ1v) is 13.7. The molecule has 2 amide bonds. The fraction of sp³-hybridized carbons (Fsp3) is 0.583. The highest BCUT2D eigenvalue weighted by atomic mass is 32.1. The second kappa shape index (κ2) is 10.0. The van der Waals surface area contributed by atoms with Crippen molar-refractivity contribution in [2.24, 2.45) is 0 Å². The number of urea groups is 1. The highest BCUT2D eigenvalue weighted by Crippen LogP contribution is 2.40. The molecule has 3 aliphatic rings. The van der Waals surface area contributed by atoms with Crippen LogP contribution in [0.15, 0.2) is 0 Å². The molecule has 3 N–H and O–H groups in total. The molecule has 0 bridgehead atoms. The van der Waals surface area contributed by atoms with Gasteiger partial charge in [-0.05, 0) is 69.5 Å². The van der Waals surface area contributed by atoms with Crippen molar-refractivity contribution in [2.45, 2.75) is 65.0 Å². The van der Waals surface area contributed by atoms with E-state index in [-0.39, 0.29) is 12.0 Å². The van der Waals surface area contributed by atoms with E-state index >= 15 is 0 Å². The monoisotopic (exact) mass is 488 g/mol. The van der Waals surface area contributed by atoms with Crippen LogP contribution in [0.3, 0.4) is 0 Å². The van der Waals surface area contributed by atoms with Gasteiger partial charge in [-0.3, -0.25) is 5.32 Å². The standard InChI is InChI=1S/C24H32N4O3S2/c1-2-31-23(29)20-16-7-3-4-8-18(16)32-21(20)27-24(30)26-13-17-15-9-10-25-14-19(15)33-22(17)28-11-5-6-12-28/h25H,2-14H2,1H3,(H2,26,27,30). The Morgan fingerprint density at radius 3 is 2.67 bits per heavy atom. The highest BCUT2D eigenvalue weighted by Gasteiger charge is 2.28. The van der Waals surface area contributed by atoms with Gasteiger partial charge >= 0.3 is 12.0 Å². The number of hydrogen-bond donors (Lipinski definition) is 3. The number of rotatable bonds is 6. The zero-order valence-corrected chi connectivity index (χ0v) is 20.8. The van der Waals surface area contributed by atoms with Crippen molar-refractivity contribution >= 4 is 44.7 Å². The van der Waals surface area contributed by atoms with Crippen molar-refractivity contribution in [2.75, 3.05) is 36.5 Å². The number of aryl methyl sites for hydroxylation is 1. The third kappa shape index (κ3) is 4.63. The van der Waals surface area contributed by atoms with E-state index in [1.54, 1.807) is 0 Å². The summed E-state index contributed by atoms with van der Waals surface area (Å²) in [5, 5.41) is 11.5. The van der Waals surface area contributed by atoms with Crippen molar-refractivity contribution < 1.29 is 14.3 Å². The largest absolute Gasteiger partial charge is 0.462 e. The molecule has 0 atom stereocenters. The van der Waals surface area contributed by atoms with Crippen LogP contribution in [0.4, 0.5) is 14.8 Å². The predicted octanol–water partition coefficient (Wildman–Crippen LogP) is 4.43. The lowest BCUT2D eigenvalue weighted by Crippen LogP contribution is -2.30. The first-order valence-electron chi connectivity index (χ1n) is 12.1. The minimum absolute atomic E-state index is 0.264. The van der Waals surface area contributed by atoms with Crippen LogP contribution in [0.25, 0.3) is 0 Å². The summed E-state index contributed by atoms with van der Waals surface area (Å²) in [6.07, 6.45) is 7.49. The zero-order valence-electron chi connectivity index (χ0n) is 19.2. The topological polar surface area (TPSA) is 82.7 Å². The molecule has 1 saturated heterocycles. The van der Waals surface area contributed by atoms with Gasteiger partial charge in [0.05, 0.1) is 17.2 Å². The van der Waals surface area contributed by atoms with E-state index in [9.17, 15) is 9.59 Å². The summed E-state index contributed by atoms with van der Waals surface area (Å²) in [6, 6.07) is -0.264. The SMILES string of the molecule is CCOC(=O)c1c(NC(=O)NCc2c(N3CCCC3)sc3c2CCNC3)sc2c1CCCC2. The molecule has 0 spiro atoms. The Kier molecular flexibility index (Phi) is 6.89. The molecule has 1 fully saturated rings. The van der Waals surface area contributed by atoms with Crippen LogP contribution < -0.4 is 20.9 Å². The number of nitrogens with one attached hydrogen (secondary N) is 3. The number of thiophene rings is 2. The Morgan fingerprint density at radius 1 is 1.03 bits per heavy atom. The Morgan fingerprint density at radius 2 is 1.85 bits per heavy atom. The third-order valence-corrected chi connectivity index (χ3v) is 9.26. The predicted molar refractivity (Wildman–Crippen MR) is 134 cm³/mol. The average Bonchev–Trinajstić information content (AvgIpc) is 3.54. The first kappa shape index (κ1) is 22.7. The van der Waals surface area contributed by atoms with E-state index in [0.717, 1.165) is 63.8 Å². The van der Waals surface area contributed by atoms with Crippen LogP contribution in [0.2, 0.25) is 0 Å². The molecule has 178 valence electrons. The van der Waals surface area contributed by atoms with Crippen molar-refractivity contribution in [3.63, 3.8) is 0 Å². The summed E-state index contributed by atoms with van der Waals surface area (Å²) in [7, 11) is 0. The van der Waals surface area contributed by atoms with E-state index in [4.69, 9.17) is 4.74 Å². The van der Waals surface area contributed by atoms with E-state index in [2.05, 4.69) is 20.9 Å². The normalized spacial score (nSPS) is 17.4. The number of amides is 2. The van der Waals surface area contributed by atoms with Gasteiger partial charge in [0.1, 0.15) is 5.00 Å². The molecule has 0 unspecified atom stereocenters. The number of anilines is 2. The van der Waals surface area contributed by atoms with Gasteiger partial charge in [0, 0.05) is 41.5 Å². The summed E-state index contributed by atoms with van der Waals surface area (Å²) < 4.78 is 5.31. The maximum absolute atomic E-state index is 13.0. The Bertz CT molecular complexity index is 1040. The lowest BCUT2D eigenvalue weighted by Gasteiger charge is -2.19. The van der Waals surface area contributed by atoms with Gasteiger partial charge in [0.2, 0.25) is 0 Å². The van der Waals surface area contributed by atoms with Gasteiger partial charge in [-0.25, -0.2) is 9.59 Å². The van der Waals surface area contributed by atoms with Gasteiger partial charge in [0.25, 0.3) is 0 Å². The van der Waals surface area contributed by atoms with Crippen LogP contribution in [0.5, 0.6) is 0 Å². The molecule has 2 aromatic rings. The Balaban J connectivity index is 1.33. The van der Waals surface area contributed by atoms with Crippen LogP contribution in [0.1, 0.15) is 69.4 Å². The van der Waals surface area contributed by atoms with E-state index < -0.39 is 0 Å². The maximum Gasteiger partial charge on any atom is 0.341 e. The summed E-state index contributed by atoms with van der Waals surface area (Å²) in [6.45, 7) is 6.72. The highest BCUT2D eigenvalue weighted by molar-refractivity contribution is 7.17. The molecule has 1 aliphatic carbocycles. The molecule has 9 heteroatoms. The third-order valence-electron chi connectivity index (χ3n) is 6.71. The van der Waals surface area contributed by atoms with Gasteiger partial charge < -0.3 is 20.3 Å². The molecular weight excluding hydrogens is 456 g/mol. The summed E-state index contributed by atoms with van der Waals surface area (Å²) >= 11 is 3.40. The zero-order chi connectivity index (χ0) is 22.8. The molecule has 2 aromatic heterocycles. The van der Waals surface area contributed by atoms with Crippen LogP contribution >= 0.6 is 22.7 Å². The van der Waals surface area contributed by atoms with Gasteiger partial charge in [-0.2, -0.15) is 0 Å². The van der Waals surface area contributed by atoms with E-state index in [0.29, 0.717) is 23.7 Å². The Hall–Kier alpha value is -2.10. The Labute approximate surface area is 202 Å². The average molecular weight is 489 g/mol. The maximum atomic E-state index is 13.0. The number of esters is 1. The summed E-state index contributed by atoms with van der Waals surface area (Å²) in [5.41, 5.74) is 4.29. The molecule has 0 aromatic carbocycles. The van der Waals surface area contributed by atoms with Crippen molar-refractivity contribution in [1.29, 1.82) is 0 Å². The van der Waals surface area contributed by atoms with Crippen LogP contribution in [-0.4, -0.2) is 38.2 Å². The lowest BCUT2D eigenvalue weighted by molar-refractivity contribution is 0.0526. The van der Waals surface area contributed by atoms with Crippen molar-refractivity contribution in [1.82, 2.24) is 10.6 Å². The summed E-state index contributed by atoms with van der Waals surface area (Å²) in [5.74, 6) is -0.331. The van der Waals surface area contributed by atoms with Crippen molar-refractivity contribution in [3.05, 3.63) is 32.0 Å². The minimum atomic E-state index is -0.331. The second-order valence-corrected chi connectivity index (χ2v) is 11.0. The van der Waals surface area contributed by atoms with Gasteiger partial charge in [-0.1, -0.05) is 0 Å².